The summed E-state index contributed by atoms with van der Waals surface area (Å²) in [6.07, 6.45) is 3.20. The summed E-state index contributed by atoms with van der Waals surface area (Å²) in [6.45, 7) is 2.79. The third-order valence-corrected chi connectivity index (χ3v) is 4.28. The van der Waals surface area contributed by atoms with E-state index in [1.54, 1.807) is 12.1 Å². The van der Waals surface area contributed by atoms with Gasteiger partial charge in [-0.05, 0) is 31.4 Å². The van der Waals surface area contributed by atoms with Gasteiger partial charge in [-0.25, -0.2) is 17.5 Å². The number of nitrogens with zero attached hydrogens (tertiary/aromatic N) is 1. The van der Waals surface area contributed by atoms with Gasteiger partial charge in [-0.3, -0.25) is 4.90 Å². The van der Waals surface area contributed by atoms with E-state index in [1.807, 2.05) is 6.07 Å². The van der Waals surface area contributed by atoms with Gasteiger partial charge < -0.3 is 0 Å². The summed E-state index contributed by atoms with van der Waals surface area (Å²) in [5.41, 5.74) is 0.698. The quantitative estimate of drug-likeness (QED) is 0.898. The van der Waals surface area contributed by atoms with E-state index in [4.69, 9.17) is 0 Å². The first kappa shape index (κ1) is 15.4. The van der Waals surface area contributed by atoms with Crippen LogP contribution in [0.4, 0.5) is 4.39 Å². The van der Waals surface area contributed by atoms with Crippen molar-refractivity contribution in [2.75, 3.05) is 25.9 Å². The molecule has 1 heterocycles. The number of nitrogens with one attached hydrogen (secondary N) is 1. The number of sulfonamides is 1. The van der Waals surface area contributed by atoms with E-state index >= 15 is 0 Å². The normalized spacial score (nSPS) is 21.0. The molecule has 0 radical (unpaired) electrons. The maximum absolute atomic E-state index is 13.6. The van der Waals surface area contributed by atoms with Gasteiger partial charge >= 0.3 is 0 Å². The van der Waals surface area contributed by atoms with E-state index in [2.05, 4.69) is 9.62 Å². The Hall–Kier alpha value is -0.980. The minimum atomic E-state index is -3.14. The van der Waals surface area contributed by atoms with Crippen LogP contribution in [0.2, 0.25) is 0 Å². The third kappa shape index (κ3) is 4.85. The van der Waals surface area contributed by atoms with Crippen molar-refractivity contribution in [3.63, 3.8) is 0 Å². The van der Waals surface area contributed by atoms with E-state index in [1.165, 1.54) is 12.3 Å². The topological polar surface area (TPSA) is 49.4 Å². The number of likely N-dealkylation sites (tertiary alicyclic amines) is 1. The highest BCUT2D eigenvalue weighted by Crippen LogP contribution is 2.19. The monoisotopic (exact) mass is 300 g/mol. The van der Waals surface area contributed by atoms with Crippen molar-refractivity contribution in [3.8, 4) is 0 Å². The molecule has 1 aromatic carbocycles. The van der Waals surface area contributed by atoms with E-state index in [0.29, 0.717) is 24.6 Å². The molecule has 0 bridgehead atoms. The van der Waals surface area contributed by atoms with E-state index in [0.717, 1.165) is 25.9 Å². The zero-order valence-corrected chi connectivity index (χ0v) is 12.5. The predicted octanol–water partition coefficient (Wildman–Crippen LogP) is 1.59. The van der Waals surface area contributed by atoms with Crippen LogP contribution in [0, 0.1) is 11.7 Å². The highest BCUT2D eigenvalue weighted by Gasteiger charge is 2.21. The molecule has 112 valence electrons. The molecule has 1 aromatic rings. The van der Waals surface area contributed by atoms with Crippen LogP contribution in [0.15, 0.2) is 24.3 Å². The number of hydrogen-bond donors (Lipinski definition) is 1. The van der Waals surface area contributed by atoms with Gasteiger partial charge in [0.05, 0.1) is 6.26 Å². The van der Waals surface area contributed by atoms with Crippen molar-refractivity contribution in [2.45, 2.75) is 19.4 Å². The van der Waals surface area contributed by atoms with Crippen LogP contribution in [-0.4, -0.2) is 39.2 Å². The molecule has 0 unspecified atom stereocenters. The summed E-state index contributed by atoms with van der Waals surface area (Å²) in [5, 5.41) is 0. The molecule has 0 amide bonds. The number of benzene rings is 1. The third-order valence-electron chi connectivity index (χ3n) is 3.59. The van der Waals surface area contributed by atoms with Gasteiger partial charge in [0.25, 0.3) is 0 Å². The van der Waals surface area contributed by atoms with Crippen molar-refractivity contribution in [3.05, 3.63) is 35.6 Å². The lowest BCUT2D eigenvalue weighted by Gasteiger charge is -2.32. The fourth-order valence-corrected chi connectivity index (χ4v) is 3.14. The van der Waals surface area contributed by atoms with Crippen LogP contribution in [0.1, 0.15) is 18.4 Å². The van der Waals surface area contributed by atoms with Crippen LogP contribution < -0.4 is 4.72 Å². The second-order valence-electron chi connectivity index (χ2n) is 5.46. The lowest BCUT2D eigenvalue weighted by molar-refractivity contribution is 0.167. The van der Waals surface area contributed by atoms with Gasteiger partial charge in [0.15, 0.2) is 0 Å². The van der Waals surface area contributed by atoms with Gasteiger partial charge in [0, 0.05) is 25.2 Å². The smallest absolute Gasteiger partial charge is 0.208 e. The highest BCUT2D eigenvalue weighted by atomic mass is 32.2. The summed E-state index contributed by atoms with van der Waals surface area (Å²) in [5.74, 6) is 0.120. The molecule has 1 saturated heterocycles. The zero-order valence-electron chi connectivity index (χ0n) is 11.7. The Morgan fingerprint density at radius 1 is 1.40 bits per heavy atom. The molecular weight excluding hydrogens is 279 g/mol. The largest absolute Gasteiger partial charge is 0.299 e. The number of rotatable bonds is 5. The maximum Gasteiger partial charge on any atom is 0.208 e. The molecule has 0 spiro atoms. The number of hydrogen-bond acceptors (Lipinski definition) is 3. The van der Waals surface area contributed by atoms with Crippen LogP contribution in [-0.2, 0) is 16.6 Å². The first-order valence-electron chi connectivity index (χ1n) is 6.84. The first-order valence-corrected chi connectivity index (χ1v) is 8.73. The zero-order chi connectivity index (χ0) is 14.6. The van der Waals surface area contributed by atoms with Gasteiger partial charge in [-0.15, -0.1) is 0 Å². The fourth-order valence-electron chi connectivity index (χ4n) is 2.60. The van der Waals surface area contributed by atoms with E-state index < -0.39 is 10.0 Å². The summed E-state index contributed by atoms with van der Waals surface area (Å²) < 4.78 is 38.4. The average Bonchev–Trinajstić information content (AvgIpc) is 2.39. The molecule has 0 saturated carbocycles. The maximum atomic E-state index is 13.6. The van der Waals surface area contributed by atoms with Crippen molar-refractivity contribution >= 4 is 10.0 Å². The van der Waals surface area contributed by atoms with Crippen molar-refractivity contribution < 1.29 is 12.8 Å². The summed E-state index contributed by atoms with van der Waals surface area (Å²) in [4.78, 5) is 2.19. The molecule has 1 atom stereocenters. The first-order chi connectivity index (χ1) is 9.44. The Kier molecular flexibility index (Phi) is 5.12. The number of halogens is 1. The Morgan fingerprint density at radius 2 is 2.15 bits per heavy atom. The highest BCUT2D eigenvalue weighted by molar-refractivity contribution is 7.88. The second-order valence-corrected chi connectivity index (χ2v) is 7.29. The van der Waals surface area contributed by atoms with Crippen LogP contribution in [0.25, 0.3) is 0 Å². The lowest BCUT2D eigenvalue weighted by Crippen LogP contribution is -2.40. The molecule has 1 aliphatic heterocycles. The molecule has 0 aliphatic carbocycles. The molecule has 1 fully saturated rings. The van der Waals surface area contributed by atoms with E-state index in [9.17, 15) is 12.8 Å². The summed E-state index contributed by atoms with van der Waals surface area (Å²) in [7, 11) is -3.14. The van der Waals surface area contributed by atoms with Crippen molar-refractivity contribution in [1.82, 2.24) is 9.62 Å². The van der Waals surface area contributed by atoms with Crippen molar-refractivity contribution in [2.24, 2.45) is 5.92 Å². The standard InChI is InChI=1S/C14H21FN2O2S/c1-20(18,19)16-9-12-5-4-8-17(10-12)11-13-6-2-3-7-14(13)15/h2-3,6-7,12,16H,4-5,8-11H2,1H3/t12-/m1/s1. The molecule has 20 heavy (non-hydrogen) atoms. The minimum Gasteiger partial charge on any atom is -0.299 e. The van der Waals surface area contributed by atoms with Gasteiger partial charge in [0.1, 0.15) is 5.82 Å². The second kappa shape index (κ2) is 6.65. The van der Waals surface area contributed by atoms with Crippen LogP contribution in [0.3, 0.4) is 0 Å². The minimum absolute atomic E-state index is 0.177. The predicted molar refractivity (Wildman–Crippen MR) is 77.2 cm³/mol. The van der Waals surface area contributed by atoms with Gasteiger partial charge in [-0.1, -0.05) is 18.2 Å². The Labute approximate surface area is 120 Å². The average molecular weight is 300 g/mol. The molecule has 1 aliphatic rings. The molecular formula is C14H21FN2O2S. The molecule has 6 heteroatoms. The van der Waals surface area contributed by atoms with Crippen LogP contribution >= 0.6 is 0 Å². The summed E-state index contributed by atoms with van der Waals surface area (Å²) >= 11 is 0. The Bertz CT molecular complexity index is 548. The molecule has 0 aromatic heterocycles. The fraction of sp³-hybridized carbons (Fsp3) is 0.571. The Balaban J connectivity index is 1.89. The summed E-state index contributed by atoms with van der Waals surface area (Å²) in [6, 6.07) is 6.80. The van der Waals surface area contributed by atoms with Gasteiger partial charge in [0.2, 0.25) is 10.0 Å². The SMILES string of the molecule is CS(=O)(=O)NC[C@H]1CCCN(Cc2ccccc2F)C1. The number of piperidine rings is 1. The molecule has 4 nitrogen and oxygen atoms in total. The molecule has 2 rings (SSSR count). The molecule has 1 N–H and O–H groups in total. The van der Waals surface area contributed by atoms with Gasteiger partial charge in [-0.2, -0.15) is 0 Å². The Morgan fingerprint density at radius 3 is 2.85 bits per heavy atom. The van der Waals surface area contributed by atoms with Crippen molar-refractivity contribution in [1.29, 1.82) is 0 Å². The van der Waals surface area contributed by atoms with Crippen LogP contribution in [0.5, 0.6) is 0 Å². The van der Waals surface area contributed by atoms with E-state index in [-0.39, 0.29) is 5.82 Å². The lowest BCUT2D eigenvalue weighted by atomic mass is 9.98.